The molecule has 0 aliphatic rings. The Balaban J connectivity index is 0. The molecule has 1 unspecified atom stereocenters. The number of hydrogen-bond donors (Lipinski definition) is 4. The maximum Gasteiger partial charge on any atom is 0.336 e. The van der Waals surface area contributed by atoms with Crippen LogP contribution >= 0.6 is 0 Å². The van der Waals surface area contributed by atoms with E-state index in [-0.39, 0.29) is 17.1 Å². The monoisotopic (exact) mass is 270 g/mol. The van der Waals surface area contributed by atoms with Crippen molar-refractivity contribution < 1.29 is 51.6 Å². The Morgan fingerprint density at radius 2 is 1.67 bits per heavy atom. The van der Waals surface area contributed by atoms with E-state index in [1.165, 1.54) is 0 Å². The van der Waals surface area contributed by atoms with Crippen LogP contribution in [0.2, 0.25) is 0 Å². The molecule has 0 fully saturated rings. The molecule has 0 aromatic rings. The van der Waals surface area contributed by atoms with Gasteiger partial charge in [-0.25, -0.2) is 4.79 Å². The summed E-state index contributed by atoms with van der Waals surface area (Å²) in [7, 11) is 0. The molecule has 9 heteroatoms. The van der Waals surface area contributed by atoms with Crippen LogP contribution in [0.5, 0.6) is 0 Å². The Morgan fingerprint density at radius 1 is 1.20 bits per heavy atom. The quantitative estimate of drug-likeness (QED) is 0.334. The summed E-state index contributed by atoms with van der Waals surface area (Å²) in [4.78, 5) is 34.8. The summed E-state index contributed by atoms with van der Waals surface area (Å²) < 4.78 is 0. The fraction of sp³-hybridized carbons (Fsp3) is 0.500. The van der Waals surface area contributed by atoms with E-state index in [1.807, 2.05) is 0 Å². The second-order valence-corrected chi connectivity index (χ2v) is 2.57. The standard InChI is InChI=1S/C6H9NO7.Cu/c7-14-4(10)2-6(13,5(11)12)1-3(8)9;/h13H,1-2,7H2,(H,8,9)(H,11,12);. The summed E-state index contributed by atoms with van der Waals surface area (Å²) in [6.45, 7) is 0. The Kier molecular flexibility index (Phi) is 6.90. The van der Waals surface area contributed by atoms with E-state index < -0.39 is 36.4 Å². The van der Waals surface area contributed by atoms with Crippen molar-refractivity contribution in [1.82, 2.24) is 0 Å². The van der Waals surface area contributed by atoms with Gasteiger partial charge in [-0.1, -0.05) is 0 Å². The first-order valence-corrected chi connectivity index (χ1v) is 3.39. The zero-order valence-corrected chi connectivity index (χ0v) is 8.21. The molecule has 0 aromatic carbocycles. The van der Waals surface area contributed by atoms with Crippen LogP contribution in [-0.4, -0.2) is 38.8 Å². The van der Waals surface area contributed by atoms with Crippen molar-refractivity contribution in [2.24, 2.45) is 5.90 Å². The van der Waals surface area contributed by atoms with Gasteiger partial charge in [0.25, 0.3) is 0 Å². The second kappa shape index (κ2) is 6.35. The fourth-order valence-corrected chi connectivity index (χ4v) is 0.744. The molecule has 0 aliphatic heterocycles. The van der Waals surface area contributed by atoms with Gasteiger partial charge in [-0.2, -0.15) is 5.90 Å². The van der Waals surface area contributed by atoms with E-state index in [9.17, 15) is 19.5 Å². The van der Waals surface area contributed by atoms with Crippen molar-refractivity contribution in [1.29, 1.82) is 0 Å². The first-order valence-electron chi connectivity index (χ1n) is 3.39. The molecule has 0 heterocycles. The predicted molar refractivity (Wildman–Crippen MR) is 39.7 cm³/mol. The molecule has 91 valence electrons. The van der Waals surface area contributed by atoms with Gasteiger partial charge < -0.3 is 20.2 Å². The van der Waals surface area contributed by atoms with Crippen LogP contribution in [0, 0.1) is 0 Å². The van der Waals surface area contributed by atoms with E-state index >= 15 is 0 Å². The number of carboxylic acids is 2. The Hall–Kier alpha value is -1.15. The van der Waals surface area contributed by atoms with Gasteiger partial charge in [-0.05, 0) is 0 Å². The molecule has 0 bridgehead atoms. The van der Waals surface area contributed by atoms with Crippen molar-refractivity contribution in [2.75, 3.05) is 0 Å². The number of carbonyl (C=O) groups is 3. The molecule has 0 spiro atoms. The molecule has 0 saturated carbocycles. The van der Waals surface area contributed by atoms with Crippen molar-refractivity contribution in [3.63, 3.8) is 0 Å². The molecule has 0 aromatic heterocycles. The minimum absolute atomic E-state index is 0. The van der Waals surface area contributed by atoms with Crippen LogP contribution in [0.3, 0.4) is 0 Å². The van der Waals surface area contributed by atoms with Gasteiger partial charge in [-0.3, -0.25) is 9.59 Å². The maximum atomic E-state index is 10.5. The molecule has 1 atom stereocenters. The Labute approximate surface area is 94.4 Å². The third-order valence-electron chi connectivity index (χ3n) is 1.41. The summed E-state index contributed by atoms with van der Waals surface area (Å²) in [6, 6.07) is 0. The minimum atomic E-state index is -2.69. The predicted octanol–water partition coefficient (Wildman–Crippen LogP) is -1.92. The zero-order valence-electron chi connectivity index (χ0n) is 7.27. The molecule has 0 rings (SSSR count). The van der Waals surface area contributed by atoms with Gasteiger partial charge in [0.15, 0.2) is 5.60 Å². The average Bonchev–Trinajstić information content (AvgIpc) is 2.02. The van der Waals surface area contributed by atoms with Crippen LogP contribution in [0.25, 0.3) is 0 Å². The van der Waals surface area contributed by atoms with Crippen molar-refractivity contribution in [2.45, 2.75) is 18.4 Å². The number of nitrogens with two attached hydrogens (primary N) is 1. The van der Waals surface area contributed by atoms with E-state index in [1.54, 1.807) is 0 Å². The number of aliphatic carboxylic acids is 2. The summed E-state index contributed by atoms with van der Waals surface area (Å²) >= 11 is 0. The molecule has 0 aliphatic carbocycles. The normalized spacial score (nSPS) is 13.2. The van der Waals surface area contributed by atoms with Gasteiger partial charge >= 0.3 is 17.9 Å². The first-order chi connectivity index (χ1) is 6.31. The second-order valence-electron chi connectivity index (χ2n) is 2.57. The average molecular weight is 271 g/mol. The smallest absolute Gasteiger partial charge is 0.336 e. The Bertz CT molecular complexity index is 268. The van der Waals surface area contributed by atoms with Crippen molar-refractivity contribution >= 4 is 17.9 Å². The van der Waals surface area contributed by atoms with E-state index in [0.717, 1.165) is 0 Å². The van der Waals surface area contributed by atoms with Crippen LogP contribution in [0.1, 0.15) is 12.8 Å². The van der Waals surface area contributed by atoms with Crippen LogP contribution in [0.4, 0.5) is 0 Å². The molecule has 5 N–H and O–H groups in total. The minimum Gasteiger partial charge on any atom is -0.481 e. The summed E-state index contributed by atoms with van der Waals surface area (Å²) in [6.07, 6.45) is -2.14. The first kappa shape index (κ1) is 16.3. The van der Waals surface area contributed by atoms with Crippen LogP contribution < -0.4 is 5.90 Å². The largest absolute Gasteiger partial charge is 0.481 e. The molecule has 1 radical (unpaired) electrons. The van der Waals surface area contributed by atoms with Gasteiger partial charge in [0.2, 0.25) is 0 Å². The number of rotatable bonds is 5. The van der Waals surface area contributed by atoms with Gasteiger partial charge in [0.05, 0.1) is 12.8 Å². The Morgan fingerprint density at radius 3 is 1.93 bits per heavy atom. The van der Waals surface area contributed by atoms with Gasteiger partial charge in [0, 0.05) is 17.1 Å². The molecule has 0 saturated heterocycles. The van der Waals surface area contributed by atoms with Gasteiger partial charge in [0.1, 0.15) is 0 Å². The van der Waals surface area contributed by atoms with Crippen molar-refractivity contribution in [3.8, 4) is 0 Å². The van der Waals surface area contributed by atoms with Crippen molar-refractivity contribution in [3.05, 3.63) is 0 Å². The molecule has 0 amide bonds. The third kappa shape index (κ3) is 5.33. The maximum absolute atomic E-state index is 10.5. The fourth-order valence-electron chi connectivity index (χ4n) is 0.744. The summed E-state index contributed by atoms with van der Waals surface area (Å²) in [5.74, 6) is -0.187. The third-order valence-corrected chi connectivity index (χ3v) is 1.41. The number of hydrogen-bond acceptors (Lipinski definition) is 6. The zero-order chi connectivity index (χ0) is 11.4. The molecule has 15 heavy (non-hydrogen) atoms. The number of carboxylic acid groups (broad SMARTS) is 2. The van der Waals surface area contributed by atoms with Crippen LogP contribution in [-0.2, 0) is 36.3 Å². The van der Waals surface area contributed by atoms with E-state index in [2.05, 4.69) is 10.7 Å². The van der Waals surface area contributed by atoms with E-state index in [4.69, 9.17) is 10.2 Å². The summed E-state index contributed by atoms with van der Waals surface area (Å²) in [5, 5.41) is 26.0. The summed E-state index contributed by atoms with van der Waals surface area (Å²) in [5.41, 5.74) is -2.69. The molecular weight excluding hydrogens is 262 g/mol. The number of carbonyl (C=O) groups excluding carboxylic acids is 1. The van der Waals surface area contributed by atoms with E-state index in [0.29, 0.717) is 0 Å². The topological polar surface area (TPSA) is 147 Å². The SMILES string of the molecule is NOC(=O)CC(O)(CC(=O)O)C(=O)O.[Cu]. The van der Waals surface area contributed by atoms with Gasteiger partial charge in [-0.15, -0.1) is 0 Å². The van der Waals surface area contributed by atoms with Crippen LogP contribution in [0.15, 0.2) is 0 Å². The number of aliphatic hydroxyl groups is 1. The molecule has 8 nitrogen and oxygen atoms in total. The molecular formula is C6H9CuNO7.